The Morgan fingerprint density at radius 2 is 1.85 bits per heavy atom. The molecule has 3 rings (SSSR count). The average Bonchev–Trinajstić information content (AvgIpc) is 3.31. The van der Waals surface area contributed by atoms with E-state index in [9.17, 15) is 9.59 Å². The first-order valence-corrected chi connectivity index (χ1v) is 7.08. The van der Waals surface area contributed by atoms with Crippen LogP contribution in [-0.4, -0.2) is 23.5 Å². The van der Waals surface area contributed by atoms with Gasteiger partial charge in [-0.3, -0.25) is 9.59 Å². The van der Waals surface area contributed by atoms with Crippen molar-refractivity contribution in [1.29, 1.82) is 0 Å². The van der Waals surface area contributed by atoms with Gasteiger partial charge in [0.1, 0.15) is 5.41 Å². The summed E-state index contributed by atoms with van der Waals surface area (Å²) in [5.74, 6) is -1.31. The Labute approximate surface area is 118 Å². The molecule has 0 unspecified atom stereocenters. The van der Waals surface area contributed by atoms with Crippen molar-refractivity contribution in [3.8, 4) is 0 Å². The molecule has 4 heteroatoms. The second-order valence-electron chi connectivity index (χ2n) is 6.17. The molecule has 0 aromatic heterocycles. The Bertz CT molecular complexity index is 571. The first-order chi connectivity index (χ1) is 9.50. The van der Waals surface area contributed by atoms with Crippen LogP contribution in [0.25, 0.3) is 0 Å². The van der Waals surface area contributed by atoms with Gasteiger partial charge in [0.05, 0.1) is 0 Å². The summed E-state index contributed by atoms with van der Waals surface area (Å²) in [6.07, 6.45) is 3.04. The highest BCUT2D eigenvalue weighted by Gasteiger charge is 2.57. The Balaban J connectivity index is 1.69. The van der Waals surface area contributed by atoms with E-state index in [1.165, 1.54) is 11.1 Å². The molecule has 0 atom stereocenters. The van der Waals surface area contributed by atoms with Gasteiger partial charge in [-0.05, 0) is 43.7 Å². The van der Waals surface area contributed by atoms with Crippen molar-refractivity contribution >= 4 is 11.9 Å². The van der Waals surface area contributed by atoms with Gasteiger partial charge in [0, 0.05) is 12.0 Å². The van der Waals surface area contributed by atoms with E-state index in [4.69, 9.17) is 5.11 Å². The molecule has 0 saturated heterocycles. The normalized spacial score (nSPS) is 21.1. The number of carboxylic acid groups (broad SMARTS) is 1. The summed E-state index contributed by atoms with van der Waals surface area (Å²) < 4.78 is 0. The second kappa shape index (κ2) is 4.33. The molecule has 1 aromatic carbocycles. The number of carbonyl (C=O) groups is 2. The lowest BCUT2D eigenvalue weighted by Crippen LogP contribution is -2.40. The summed E-state index contributed by atoms with van der Waals surface area (Å²) in [5, 5.41) is 12.0. The maximum atomic E-state index is 12.1. The lowest BCUT2D eigenvalue weighted by Gasteiger charge is -2.20. The number of nitrogens with one attached hydrogen (secondary N) is 1. The van der Waals surface area contributed by atoms with Crippen LogP contribution in [0, 0.1) is 12.3 Å². The number of rotatable bonds is 5. The average molecular weight is 273 g/mol. The molecule has 20 heavy (non-hydrogen) atoms. The molecule has 0 bridgehead atoms. The molecule has 1 amide bonds. The van der Waals surface area contributed by atoms with Gasteiger partial charge in [0.25, 0.3) is 0 Å². The number of hydrogen-bond acceptors (Lipinski definition) is 2. The molecule has 106 valence electrons. The molecule has 1 aromatic rings. The minimum atomic E-state index is -1.14. The van der Waals surface area contributed by atoms with E-state index >= 15 is 0 Å². The van der Waals surface area contributed by atoms with Gasteiger partial charge in [-0.15, -0.1) is 0 Å². The van der Waals surface area contributed by atoms with Crippen LogP contribution in [0.5, 0.6) is 0 Å². The van der Waals surface area contributed by atoms with Crippen LogP contribution >= 0.6 is 0 Å². The smallest absolute Gasteiger partial charge is 0.319 e. The van der Waals surface area contributed by atoms with E-state index < -0.39 is 11.4 Å². The molecular weight excluding hydrogens is 254 g/mol. The fraction of sp³-hybridized carbons (Fsp3) is 0.500. The van der Waals surface area contributed by atoms with E-state index in [-0.39, 0.29) is 11.3 Å². The number of carbonyl (C=O) groups excluding carboxylic acids is 1. The minimum Gasteiger partial charge on any atom is -0.480 e. The number of carboxylic acids is 1. The molecule has 0 heterocycles. The highest BCUT2D eigenvalue weighted by atomic mass is 16.4. The maximum absolute atomic E-state index is 12.1. The van der Waals surface area contributed by atoms with Crippen LogP contribution in [-0.2, 0) is 15.0 Å². The Kier molecular flexibility index (Phi) is 2.85. The number of amides is 1. The van der Waals surface area contributed by atoms with E-state index in [2.05, 4.69) is 24.4 Å². The molecule has 0 radical (unpaired) electrons. The molecule has 0 spiro atoms. The molecule has 2 aliphatic rings. The zero-order valence-electron chi connectivity index (χ0n) is 11.6. The standard InChI is InChI=1S/C16H19NO3/c1-11-4-2-3-5-12(11)15(6-7-15)10-17-13(18)16(8-9-16)14(19)20/h2-5H,6-10H2,1H3,(H,17,18)(H,19,20). The van der Waals surface area contributed by atoms with E-state index in [1.807, 2.05) is 12.1 Å². The molecule has 2 saturated carbocycles. The van der Waals surface area contributed by atoms with Crippen molar-refractivity contribution in [3.63, 3.8) is 0 Å². The summed E-state index contributed by atoms with van der Waals surface area (Å²) in [5.41, 5.74) is 1.40. The predicted molar refractivity (Wildman–Crippen MR) is 74.4 cm³/mol. The first kappa shape index (κ1) is 13.2. The quantitative estimate of drug-likeness (QED) is 0.806. The fourth-order valence-electron chi connectivity index (χ4n) is 2.94. The third kappa shape index (κ3) is 1.99. The third-order valence-electron chi connectivity index (χ3n) is 4.75. The van der Waals surface area contributed by atoms with Crippen molar-refractivity contribution in [3.05, 3.63) is 35.4 Å². The van der Waals surface area contributed by atoms with Crippen molar-refractivity contribution in [2.45, 2.75) is 38.0 Å². The van der Waals surface area contributed by atoms with Crippen LogP contribution in [0.15, 0.2) is 24.3 Å². The molecule has 2 fully saturated rings. The Morgan fingerprint density at radius 3 is 2.35 bits per heavy atom. The monoisotopic (exact) mass is 273 g/mol. The number of aliphatic carboxylic acids is 1. The van der Waals surface area contributed by atoms with Gasteiger partial charge in [-0.2, -0.15) is 0 Å². The second-order valence-corrected chi connectivity index (χ2v) is 6.17. The van der Waals surface area contributed by atoms with Crippen LogP contribution < -0.4 is 5.32 Å². The number of hydrogen-bond donors (Lipinski definition) is 2. The Hall–Kier alpha value is -1.84. The number of aryl methyl sites for hydroxylation is 1. The Morgan fingerprint density at radius 1 is 1.20 bits per heavy atom. The third-order valence-corrected chi connectivity index (χ3v) is 4.75. The van der Waals surface area contributed by atoms with E-state index in [0.717, 1.165) is 12.8 Å². The van der Waals surface area contributed by atoms with Crippen molar-refractivity contribution in [1.82, 2.24) is 5.32 Å². The fourth-order valence-corrected chi connectivity index (χ4v) is 2.94. The van der Waals surface area contributed by atoms with Crippen LogP contribution in [0.1, 0.15) is 36.8 Å². The first-order valence-electron chi connectivity index (χ1n) is 7.08. The topological polar surface area (TPSA) is 66.4 Å². The summed E-state index contributed by atoms with van der Waals surface area (Å²) in [6, 6.07) is 8.22. The number of benzene rings is 1. The summed E-state index contributed by atoms with van der Waals surface area (Å²) >= 11 is 0. The predicted octanol–water partition coefficient (Wildman–Crippen LogP) is 2.01. The van der Waals surface area contributed by atoms with Gasteiger partial charge in [0.2, 0.25) is 5.91 Å². The van der Waals surface area contributed by atoms with Crippen LogP contribution in [0.2, 0.25) is 0 Å². The zero-order chi connectivity index (χ0) is 14.4. The summed E-state index contributed by atoms with van der Waals surface area (Å²) in [6.45, 7) is 2.63. The summed E-state index contributed by atoms with van der Waals surface area (Å²) in [7, 11) is 0. The van der Waals surface area contributed by atoms with Crippen LogP contribution in [0.4, 0.5) is 0 Å². The summed E-state index contributed by atoms with van der Waals surface area (Å²) in [4.78, 5) is 23.2. The van der Waals surface area contributed by atoms with Crippen molar-refractivity contribution < 1.29 is 14.7 Å². The minimum absolute atomic E-state index is 0.0234. The molecule has 4 nitrogen and oxygen atoms in total. The highest BCUT2D eigenvalue weighted by molar-refractivity contribution is 6.04. The zero-order valence-corrected chi connectivity index (χ0v) is 11.6. The van der Waals surface area contributed by atoms with Crippen LogP contribution in [0.3, 0.4) is 0 Å². The van der Waals surface area contributed by atoms with E-state index in [1.54, 1.807) is 0 Å². The lowest BCUT2D eigenvalue weighted by atomic mass is 9.91. The van der Waals surface area contributed by atoms with Crippen molar-refractivity contribution in [2.75, 3.05) is 6.54 Å². The van der Waals surface area contributed by atoms with Gasteiger partial charge in [-0.25, -0.2) is 0 Å². The largest absolute Gasteiger partial charge is 0.480 e. The molecule has 2 aliphatic carbocycles. The maximum Gasteiger partial charge on any atom is 0.319 e. The van der Waals surface area contributed by atoms with Gasteiger partial charge in [0.15, 0.2) is 0 Å². The molecule has 0 aliphatic heterocycles. The molecule has 2 N–H and O–H groups in total. The van der Waals surface area contributed by atoms with E-state index in [0.29, 0.717) is 19.4 Å². The SMILES string of the molecule is Cc1ccccc1C1(CNC(=O)C2(C(=O)O)CC2)CC1. The van der Waals surface area contributed by atoms with Gasteiger partial charge >= 0.3 is 5.97 Å². The van der Waals surface area contributed by atoms with Gasteiger partial charge in [-0.1, -0.05) is 24.3 Å². The highest BCUT2D eigenvalue weighted by Crippen LogP contribution is 2.50. The lowest BCUT2D eigenvalue weighted by molar-refractivity contribution is -0.149. The van der Waals surface area contributed by atoms with Gasteiger partial charge < -0.3 is 10.4 Å². The van der Waals surface area contributed by atoms with Crippen molar-refractivity contribution in [2.24, 2.45) is 5.41 Å². The molecular formula is C16H19NO3.